The molecule has 0 N–H and O–H groups in total. The third-order valence-corrected chi connectivity index (χ3v) is 8.26. The molecule has 2 aliphatic rings. The van der Waals surface area contributed by atoms with Gasteiger partial charge in [0.15, 0.2) is 21.7 Å². The van der Waals surface area contributed by atoms with Gasteiger partial charge < -0.3 is 4.55 Å². The Morgan fingerprint density at radius 1 is 0.806 bits per heavy atom. The van der Waals surface area contributed by atoms with Crippen molar-refractivity contribution in [2.75, 3.05) is 17.3 Å². The zero-order valence-corrected chi connectivity index (χ0v) is 17.6. The lowest BCUT2D eigenvalue weighted by Gasteiger charge is -2.34. The van der Waals surface area contributed by atoms with Crippen molar-refractivity contribution in [2.45, 2.75) is 68.2 Å². The number of ketones is 1. The van der Waals surface area contributed by atoms with Crippen LogP contribution in [0.15, 0.2) is 0 Å². The normalized spacial score (nSPS) is 20.3. The third-order valence-electron chi connectivity index (χ3n) is 4.95. The van der Waals surface area contributed by atoms with Crippen molar-refractivity contribution in [3.8, 4) is 0 Å². The Hall–Kier alpha value is -0.700. The SMILES string of the molecule is O=C(C[S+]1CCCCC1)C1CCCC1.O=S(=O)([O-])C(F)(F)C(F)(F)C(F)(F)C(F)(F)F. The topological polar surface area (TPSA) is 74.3 Å². The first kappa shape index (κ1) is 28.3. The van der Waals surface area contributed by atoms with Gasteiger partial charge >= 0.3 is 23.3 Å². The Labute approximate surface area is 176 Å². The fourth-order valence-electron chi connectivity index (χ4n) is 3.12. The molecule has 2 fully saturated rings. The van der Waals surface area contributed by atoms with Gasteiger partial charge in [0, 0.05) is 5.92 Å². The molecule has 4 nitrogen and oxygen atoms in total. The first-order chi connectivity index (χ1) is 13.9. The van der Waals surface area contributed by atoms with Gasteiger partial charge in [-0.2, -0.15) is 39.5 Å². The summed E-state index contributed by atoms with van der Waals surface area (Å²) >= 11 is 0. The highest BCUT2D eigenvalue weighted by Gasteiger charge is 2.83. The smallest absolute Gasteiger partial charge is 0.460 e. The van der Waals surface area contributed by atoms with Gasteiger partial charge in [-0.3, -0.25) is 4.79 Å². The van der Waals surface area contributed by atoms with Crippen LogP contribution in [0.3, 0.4) is 0 Å². The second kappa shape index (κ2) is 10.1. The minimum atomic E-state index is -7.43. The molecule has 0 atom stereocenters. The minimum Gasteiger partial charge on any atom is -0.743 e. The summed E-state index contributed by atoms with van der Waals surface area (Å²) in [6.07, 6.45) is 1.97. The number of carbonyl (C=O) groups is 1. The Morgan fingerprint density at radius 3 is 1.65 bits per heavy atom. The maximum absolute atomic E-state index is 12.2. The van der Waals surface area contributed by atoms with Crippen LogP contribution < -0.4 is 0 Å². The molecule has 31 heavy (non-hydrogen) atoms. The van der Waals surface area contributed by atoms with Crippen LogP contribution in [0.5, 0.6) is 0 Å². The van der Waals surface area contributed by atoms with Crippen molar-refractivity contribution < 1.29 is 57.3 Å². The largest absolute Gasteiger partial charge is 0.743 e. The van der Waals surface area contributed by atoms with Crippen molar-refractivity contribution in [1.82, 2.24) is 0 Å². The molecular weight excluding hydrogens is 491 g/mol. The maximum atomic E-state index is 12.2. The van der Waals surface area contributed by atoms with Gasteiger partial charge in [-0.15, -0.1) is 0 Å². The molecule has 1 aliphatic carbocycles. The standard InChI is InChI=1S/C12H21OS.C4HF9O3S/c13-12(11-6-2-3-7-11)10-14-8-4-1-5-9-14;5-1(6,3(9,10)11)2(7,8)4(12,13)17(14,15)16/h11H,1-10H2;(H,14,15,16)/q+1;/p-1. The lowest BCUT2D eigenvalue weighted by Crippen LogP contribution is -2.63. The third kappa shape index (κ3) is 6.42. The molecular formula is C16H21F9O4S2. The molecule has 0 bridgehead atoms. The first-order valence-corrected chi connectivity index (χ1v) is 12.3. The second-order valence-electron chi connectivity index (χ2n) is 7.29. The van der Waals surface area contributed by atoms with Gasteiger partial charge in [0.25, 0.3) is 0 Å². The summed E-state index contributed by atoms with van der Waals surface area (Å²) in [7, 11) is -6.94. The molecule has 1 heterocycles. The lowest BCUT2D eigenvalue weighted by molar-refractivity contribution is -0.382. The van der Waals surface area contributed by atoms with E-state index in [1.165, 1.54) is 56.5 Å². The fraction of sp³-hybridized carbons (Fsp3) is 0.938. The molecule has 0 aromatic heterocycles. The van der Waals surface area contributed by atoms with Crippen molar-refractivity contribution in [3.63, 3.8) is 0 Å². The zero-order valence-electron chi connectivity index (χ0n) is 16.0. The summed E-state index contributed by atoms with van der Waals surface area (Å²) < 4.78 is 135. The molecule has 184 valence electrons. The Balaban J connectivity index is 0.000000314. The van der Waals surface area contributed by atoms with Crippen molar-refractivity contribution in [2.24, 2.45) is 5.92 Å². The summed E-state index contributed by atoms with van der Waals surface area (Å²) in [6.45, 7) is 0. The average molecular weight is 512 g/mol. The van der Waals surface area contributed by atoms with E-state index in [0.29, 0.717) is 22.6 Å². The molecule has 1 saturated carbocycles. The van der Waals surface area contributed by atoms with E-state index in [0.717, 1.165) is 5.75 Å². The molecule has 0 spiro atoms. The van der Waals surface area contributed by atoms with Crippen LogP contribution in [0, 0.1) is 5.92 Å². The van der Waals surface area contributed by atoms with Crippen LogP contribution in [-0.2, 0) is 25.8 Å². The number of hydrogen-bond donors (Lipinski definition) is 0. The Kier molecular flexibility index (Phi) is 9.19. The second-order valence-corrected chi connectivity index (χ2v) is 11.0. The predicted octanol–water partition coefficient (Wildman–Crippen LogP) is 4.51. The van der Waals surface area contributed by atoms with Crippen LogP contribution in [0.4, 0.5) is 39.5 Å². The van der Waals surface area contributed by atoms with E-state index in [9.17, 15) is 57.3 Å². The predicted molar refractivity (Wildman–Crippen MR) is 93.4 cm³/mol. The van der Waals surface area contributed by atoms with E-state index in [1.54, 1.807) is 0 Å². The molecule has 0 amide bonds. The first-order valence-electron chi connectivity index (χ1n) is 9.18. The van der Waals surface area contributed by atoms with Crippen LogP contribution in [0.1, 0.15) is 44.9 Å². The molecule has 0 radical (unpaired) electrons. The molecule has 2 rings (SSSR count). The van der Waals surface area contributed by atoms with Crippen LogP contribution in [-0.4, -0.2) is 59.3 Å². The number of carbonyl (C=O) groups excluding carboxylic acids is 1. The highest BCUT2D eigenvalue weighted by atomic mass is 32.2. The van der Waals surface area contributed by atoms with Gasteiger partial charge in [0.2, 0.25) is 0 Å². The van der Waals surface area contributed by atoms with Crippen LogP contribution in [0.25, 0.3) is 0 Å². The Morgan fingerprint density at radius 2 is 1.26 bits per heavy atom. The van der Waals surface area contributed by atoms with Gasteiger partial charge in [0.1, 0.15) is 11.5 Å². The maximum Gasteiger partial charge on any atom is 0.460 e. The van der Waals surface area contributed by atoms with Gasteiger partial charge in [0.05, 0.1) is 0 Å². The number of rotatable bonds is 6. The quantitative estimate of drug-likeness (QED) is 0.298. The van der Waals surface area contributed by atoms with Crippen molar-refractivity contribution in [3.05, 3.63) is 0 Å². The number of alkyl halides is 9. The molecule has 0 aromatic carbocycles. The minimum absolute atomic E-state index is 0.462. The monoisotopic (exact) mass is 512 g/mol. The molecule has 1 saturated heterocycles. The number of halogens is 9. The van der Waals surface area contributed by atoms with Gasteiger partial charge in [-0.25, -0.2) is 8.42 Å². The molecule has 0 unspecified atom stereocenters. The van der Waals surface area contributed by atoms with Crippen LogP contribution >= 0.6 is 0 Å². The van der Waals surface area contributed by atoms with E-state index < -0.39 is 33.4 Å². The van der Waals surface area contributed by atoms with Crippen molar-refractivity contribution in [1.29, 1.82) is 0 Å². The molecule has 1 aliphatic heterocycles. The van der Waals surface area contributed by atoms with E-state index in [-0.39, 0.29) is 0 Å². The highest BCUT2D eigenvalue weighted by Crippen LogP contribution is 2.54. The number of hydrogen-bond acceptors (Lipinski definition) is 4. The van der Waals surface area contributed by atoms with E-state index in [2.05, 4.69) is 0 Å². The number of Topliss-reactive ketones (excluding diaryl/α,β-unsaturated/α-hetero) is 1. The summed E-state index contributed by atoms with van der Waals surface area (Å²) in [6, 6.07) is 0. The van der Waals surface area contributed by atoms with Crippen LogP contribution in [0.2, 0.25) is 0 Å². The molecule has 0 aromatic rings. The molecule has 15 heteroatoms. The van der Waals surface area contributed by atoms with Crippen molar-refractivity contribution >= 4 is 26.8 Å². The zero-order chi connectivity index (χ0) is 24.3. The summed E-state index contributed by atoms with van der Waals surface area (Å²) in [5.74, 6) is -10.1. The average Bonchev–Trinajstić information content (AvgIpc) is 3.15. The van der Waals surface area contributed by atoms with E-state index in [4.69, 9.17) is 0 Å². The van der Waals surface area contributed by atoms with Gasteiger partial charge in [-0.1, -0.05) is 12.8 Å². The fourth-order valence-corrected chi connectivity index (χ4v) is 5.92. The van der Waals surface area contributed by atoms with E-state index in [1.807, 2.05) is 0 Å². The lowest BCUT2D eigenvalue weighted by atomic mass is 10.0. The van der Waals surface area contributed by atoms with Gasteiger partial charge in [-0.05, 0) is 43.0 Å². The Bertz CT molecular complexity index is 711. The summed E-state index contributed by atoms with van der Waals surface area (Å²) in [5, 5.41) is -7.11. The highest BCUT2D eigenvalue weighted by molar-refractivity contribution is 7.97. The summed E-state index contributed by atoms with van der Waals surface area (Å²) in [4.78, 5) is 11.9. The summed E-state index contributed by atoms with van der Waals surface area (Å²) in [5.41, 5.74) is 0. The van der Waals surface area contributed by atoms with E-state index >= 15 is 0 Å².